The number of aromatic amines is 1. The number of nitrogens with one attached hydrogen (secondary N) is 1. The highest BCUT2D eigenvalue weighted by Gasteiger charge is 2.25. The summed E-state index contributed by atoms with van der Waals surface area (Å²) in [6.45, 7) is 2.95. The average molecular weight is 377 g/mol. The Labute approximate surface area is 165 Å². The highest BCUT2D eigenvalue weighted by Crippen LogP contribution is 2.29. The molecule has 5 nitrogen and oxygen atoms in total. The van der Waals surface area contributed by atoms with Crippen molar-refractivity contribution in [3.05, 3.63) is 59.8 Å². The Balaban J connectivity index is 1.58. The molecule has 0 aliphatic carbocycles. The predicted octanol–water partition coefficient (Wildman–Crippen LogP) is 3.59. The Bertz CT molecular complexity index is 962. The highest BCUT2D eigenvalue weighted by molar-refractivity contribution is 5.93. The number of nitrogens with two attached hydrogens (primary N) is 1. The van der Waals surface area contributed by atoms with Crippen LogP contribution in [0.2, 0.25) is 0 Å². The molecule has 3 aromatic rings. The fourth-order valence-electron chi connectivity index (χ4n) is 4.24. The molecule has 1 aromatic heterocycles. The lowest BCUT2D eigenvalue weighted by molar-refractivity contribution is 0.100. The summed E-state index contributed by atoms with van der Waals surface area (Å²) < 4.78 is 5.27. The minimum atomic E-state index is -0.399. The van der Waals surface area contributed by atoms with Crippen LogP contribution in [0, 0.1) is 0 Å². The zero-order valence-corrected chi connectivity index (χ0v) is 16.3. The first-order valence-electron chi connectivity index (χ1n) is 9.89. The molecule has 2 aromatic carbocycles. The Morgan fingerprint density at radius 2 is 2.00 bits per heavy atom. The summed E-state index contributed by atoms with van der Waals surface area (Å²) in [5.41, 5.74) is 10.6. The number of fused-ring (bicyclic) bond motifs is 1. The van der Waals surface area contributed by atoms with E-state index >= 15 is 0 Å². The van der Waals surface area contributed by atoms with Crippen molar-refractivity contribution < 1.29 is 9.53 Å². The lowest BCUT2D eigenvalue weighted by Gasteiger charge is -2.23. The van der Waals surface area contributed by atoms with Crippen molar-refractivity contribution in [1.82, 2.24) is 9.88 Å². The Hall–Kier alpha value is -2.63. The fourth-order valence-corrected chi connectivity index (χ4v) is 4.24. The molecule has 4 rings (SSSR count). The predicted molar refractivity (Wildman–Crippen MR) is 112 cm³/mol. The largest absolute Gasteiger partial charge is 0.383 e. The van der Waals surface area contributed by atoms with Gasteiger partial charge in [-0.15, -0.1) is 0 Å². The van der Waals surface area contributed by atoms with Gasteiger partial charge in [-0.25, -0.2) is 0 Å². The van der Waals surface area contributed by atoms with Gasteiger partial charge in [0, 0.05) is 42.4 Å². The number of benzene rings is 2. The lowest BCUT2D eigenvalue weighted by atomic mass is 9.98. The first-order valence-corrected chi connectivity index (χ1v) is 9.89. The van der Waals surface area contributed by atoms with Crippen LogP contribution < -0.4 is 5.73 Å². The van der Waals surface area contributed by atoms with Crippen molar-refractivity contribution >= 4 is 16.8 Å². The van der Waals surface area contributed by atoms with E-state index in [9.17, 15) is 4.79 Å². The molecule has 2 heterocycles. The van der Waals surface area contributed by atoms with Crippen molar-refractivity contribution in [1.29, 1.82) is 0 Å². The van der Waals surface area contributed by atoms with Gasteiger partial charge in [-0.2, -0.15) is 0 Å². The Morgan fingerprint density at radius 1 is 1.21 bits per heavy atom. The van der Waals surface area contributed by atoms with Crippen LogP contribution in [0.5, 0.6) is 0 Å². The molecule has 5 heteroatoms. The van der Waals surface area contributed by atoms with Crippen molar-refractivity contribution in [2.45, 2.75) is 25.3 Å². The second-order valence-corrected chi connectivity index (χ2v) is 7.54. The molecule has 146 valence electrons. The van der Waals surface area contributed by atoms with Gasteiger partial charge >= 0.3 is 0 Å². The standard InChI is InChI=1S/C23H27N3O2/c1-28-12-11-26-10-2-3-20(26)13-19-15-25-22-9-8-18(14-21(19)22)16-4-6-17(7-5-16)23(24)27/h4-9,14-15,20,25H,2-3,10-13H2,1H3,(H2,24,27)/t20-/m1/s1. The van der Waals surface area contributed by atoms with E-state index in [-0.39, 0.29) is 0 Å². The number of hydrogen-bond acceptors (Lipinski definition) is 3. The van der Waals surface area contributed by atoms with Crippen molar-refractivity contribution in [3.8, 4) is 11.1 Å². The van der Waals surface area contributed by atoms with E-state index < -0.39 is 5.91 Å². The van der Waals surface area contributed by atoms with Crippen LogP contribution in [0.15, 0.2) is 48.7 Å². The summed E-state index contributed by atoms with van der Waals surface area (Å²) in [6, 6.07) is 14.5. The summed E-state index contributed by atoms with van der Waals surface area (Å²) in [4.78, 5) is 17.3. The van der Waals surface area contributed by atoms with Crippen LogP contribution in [0.25, 0.3) is 22.0 Å². The van der Waals surface area contributed by atoms with Gasteiger partial charge in [-0.3, -0.25) is 9.69 Å². The Kier molecular flexibility index (Phi) is 5.46. The topological polar surface area (TPSA) is 71.3 Å². The average Bonchev–Trinajstić information content (AvgIpc) is 3.33. The molecule has 1 atom stereocenters. The molecule has 0 saturated carbocycles. The van der Waals surface area contributed by atoms with E-state index in [1.54, 1.807) is 19.2 Å². The quantitative estimate of drug-likeness (QED) is 0.661. The number of carbonyl (C=O) groups excluding carboxylic acids is 1. The minimum Gasteiger partial charge on any atom is -0.383 e. The number of carbonyl (C=O) groups is 1. The first-order chi connectivity index (χ1) is 13.7. The summed E-state index contributed by atoms with van der Waals surface area (Å²) >= 11 is 0. The van der Waals surface area contributed by atoms with E-state index in [0.717, 1.165) is 42.8 Å². The number of primary amides is 1. The van der Waals surface area contributed by atoms with E-state index in [1.165, 1.54) is 23.8 Å². The van der Waals surface area contributed by atoms with Gasteiger partial charge in [0.05, 0.1) is 6.61 Å². The number of nitrogens with zero attached hydrogens (tertiary/aromatic N) is 1. The minimum absolute atomic E-state index is 0.399. The van der Waals surface area contributed by atoms with Crippen molar-refractivity contribution in [2.75, 3.05) is 26.8 Å². The molecule has 1 aliphatic heterocycles. The van der Waals surface area contributed by atoms with Crippen LogP contribution in [0.3, 0.4) is 0 Å². The summed E-state index contributed by atoms with van der Waals surface area (Å²) in [5.74, 6) is -0.399. The summed E-state index contributed by atoms with van der Waals surface area (Å²) in [5, 5.41) is 1.27. The van der Waals surface area contributed by atoms with E-state index in [1.807, 2.05) is 12.1 Å². The van der Waals surface area contributed by atoms with Crippen molar-refractivity contribution in [2.24, 2.45) is 5.73 Å². The third-order valence-electron chi connectivity index (χ3n) is 5.81. The number of amides is 1. The van der Waals surface area contributed by atoms with Crippen LogP contribution >= 0.6 is 0 Å². The molecule has 0 spiro atoms. The van der Waals surface area contributed by atoms with Gasteiger partial charge in [0.25, 0.3) is 0 Å². The summed E-state index contributed by atoms with van der Waals surface area (Å²) in [7, 11) is 1.77. The maximum atomic E-state index is 11.3. The van der Waals surface area contributed by atoms with Crippen molar-refractivity contribution in [3.63, 3.8) is 0 Å². The molecule has 1 amide bonds. The summed E-state index contributed by atoms with van der Waals surface area (Å²) in [6.07, 6.45) is 5.70. The molecular weight excluding hydrogens is 350 g/mol. The molecule has 0 bridgehead atoms. The molecule has 0 unspecified atom stereocenters. The molecule has 1 fully saturated rings. The highest BCUT2D eigenvalue weighted by atomic mass is 16.5. The van der Waals surface area contributed by atoms with Gasteiger partial charge in [0.2, 0.25) is 5.91 Å². The van der Waals surface area contributed by atoms with E-state index in [0.29, 0.717) is 11.6 Å². The SMILES string of the molecule is COCCN1CCC[C@@H]1Cc1c[nH]c2ccc(-c3ccc(C(N)=O)cc3)cc12. The van der Waals surface area contributed by atoms with Crippen LogP contribution in [-0.2, 0) is 11.2 Å². The fraction of sp³-hybridized carbons (Fsp3) is 0.348. The number of hydrogen-bond donors (Lipinski definition) is 2. The Morgan fingerprint density at radius 3 is 2.75 bits per heavy atom. The number of likely N-dealkylation sites (tertiary alicyclic amines) is 1. The van der Waals surface area contributed by atoms with E-state index in [4.69, 9.17) is 10.5 Å². The first kappa shape index (κ1) is 18.7. The second kappa shape index (κ2) is 8.17. The number of H-pyrrole nitrogens is 1. The van der Waals surface area contributed by atoms with E-state index in [2.05, 4.69) is 34.3 Å². The maximum Gasteiger partial charge on any atom is 0.248 e. The molecule has 1 aliphatic rings. The number of ether oxygens (including phenoxy) is 1. The number of aromatic nitrogens is 1. The van der Waals surface area contributed by atoms with Crippen LogP contribution in [-0.4, -0.2) is 48.6 Å². The smallest absolute Gasteiger partial charge is 0.248 e. The molecule has 0 radical (unpaired) electrons. The molecular formula is C23H27N3O2. The third kappa shape index (κ3) is 3.81. The zero-order chi connectivity index (χ0) is 19.5. The molecule has 3 N–H and O–H groups in total. The number of rotatable bonds is 7. The lowest BCUT2D eigenvalue weighted by Crippen LogP contribution is -2.33. The van der Waals surface area contributed by atoms with Gasteiger partial charge in [0.15, 0.2) is 0 Å². The number of methoxy groups -OCH3 is 1. The van der Waals surface area contributed by atoms with Crippen LogP contribution in [0.4, 0.5) is 0 Å². The van der Waals surface area contributed by atoms with Gasteiger partial charge in [-0.05, 0) is 66.8 Å². The normalized spacial score (nSPS) is 17.4. The van der Waals surface area contributed by atoms with Gasteiger partial charge < -0.3 is 15.5 Å². The molecule has 28 heavy (non-hydrogen) atoms. The maximum absolute atomic E-state index is 11.3. The third-order valence-corrected chi connectivity index (χ3v) is 5.81. The zero-order valence-electron chi connectivity index (χ0n) is 16.3. The second-order valence-electron chi connectivity index (χ2n) is 7.54. The monoisotopic (exact) mass is 377 g/mol. The van der Waals surface area contributed by atoms with Crippen LogP contribution in [0.1, 0.15) is 28.8 Å². The molecule has 1 saturated heterocycles. The van der Waals surface area contributed by atoms with Gasteiger partial charge in [0.1, 0.15) is 0 Å². The van der Waals surface area contributed by atoms with Gasteiger partial charge in [-0.1, -0.05) is 18.2 Å².